The molecule has 1 atom stereocenters. The first-order valence-electron chi connectivity index (χ1n) is 5.26. The van der Waals surface area contributed by atoms with Gasteiger partial charge in [-0.15, -0.1) is 0 Å². The second-order valence-electron chi connectivity index (χ2n) is 4.21. The zero-order valence-electron chi connectivity index (χ0n) is 9.50. The van der Waals surface area contributed by atoms with Crippen LogP contribution in [0.15, 0.2) is 30.3 Å². The number of nitrogens with one attached hydrogen (secondary N) is 1. The lowest BCUT2D eigenvalue weighted by molar-refractivity contribution is 0.329. The second-order valence-corrected chi connectivity index (χ2v) is 5.56. The molecule has 0 aliphatic rings. The summed E-state index contributed by atoms with van der Waals surface area (Å²) in [6.07, 6.45) is 0.615. The van der Waals surface area contributed by atoms with Crippen molar-refractivity contribution in [3.8, 4) is 0 Å². The van der Waals surface area contributed by atoms with Crippen molar-refractivity contribution in [3.63, 3.8) is 0 Å². The number of hydrogen-bond donors (Lipinski definition) is 3. The van der Waals surface area contributed by atoms with Crippen molar-refractivity contribution < 1.29 is 14.4 Å². The molecular formula is C11H18NO3P. The predicted molar refractivity (Wildman–Crippen MR) is 64.0 cm³/mol. The topological polar surface area (TPSA) is 69.6 Å². The minimum atomic E-state index is -4.16. The summed E-state index contributed by atoms with van der Waals surface area (Å²) in [4.78, 5) is 17.8. The van der Waals surface area contributed by atoms with E-state index in [9.17, 15) is 4.57 Å². The van der Waals surface area contributed by atoms with Gasteiger partial charge in [0, 0.05) is 6.04 Å². The molecule has 1 aromatic carbocycles. The molecule has 0 bridgehead atoms. The maximum Gasteiger partial charge on any atom is 0.400 e. The van der Waals surface area contributed by atoms with Crippen LogP contribution in [0.4, 0.5) is 0 Å². The maximum absolute atomic E-state index is 10.9. The van der Waals surface area contributed by atoms with E-state index < -0.39 is 7.75 Å². The van der Waals surface area contributed by atoms with Crippen molar-refractivity contribution in [1.82, 2.24) is 5.09 Å². The molecule has 3 N–H and O–H groups in total. The molecular weight excluding hydrogens is 225 g/mol. The van der Waals surface area contributed by atoms with E-state index in [4.69, 9.17) is 9.79 Å². The van der Waals surface area contributed by atoms with Crippen molar-refractivity contribution >= 4 is 7.75 Å². The summed E-state index contributed by atoms with van der Waals surface area (Å²) >= 11 is 0. The highest BCUT2D eigenvalue weighted by molar-refractivity contribution is 7.49. The van der Waals surface area contributed by atoms with Gasteiger partial charge < -0.3 is 9.79 Å². The first-order chi connectivity index (χ1) is 7.38. The minimum absolute atomic E-state index is 0.160. The van der Waals surface area contributed by atoms with E-state index in [1.54, 1.807) is 0 Å². The average Bonchev–Trinajstić information content (AvgIpc) is 2.16. The average molecular weight is 243 g/mol. The molecule has 16 heavy (non-hydrogen) atoms. The van der Waals surface area contributed by atoms with Crippen molar-refractivity contribution in [1.29, 1.82) is 0 Å². The van der Waals surface area contributed by atoms with Gasteiger partial charge in [-0.05, 0) is 17.9 Å². The molecule has 0 aromatic heterocycles. The third kappa shape index (κ3) is 4.90. The Balaban J connectivity index is 2.69. The Morgan fingerprint density at radius 1 is 1.25 bits per heavy atom. The van der Waals surface area contributed by atoms with Gasteiger partial charge in [-0.3, -0.25) is 0 Å². The van der Waals surface area contributed by atoms with E-state index in [1.807, 2.05) is 44.2 Å². The molecule has 90 valence electrons. The lowest BCUT2D eigenvalue weighted by Crippen LogP contribution is -2.33. The quantitative estimate of drug-likeness (QED) is 0.691. The second kappa shape index (κ2) is 5.60. The maximum atomic E-state index is 10.9. The summed E-state index contributed by atoms with van der Waals surface area (Å²) in [7, 11) is -4.16. The van der Waals surface area contributed by atoms with Gasteiger partial charge in [-0.2, -0.15) is 0 Å². The smallest absolute Gasteiger partial charge is 0.313 e. The van der Waals surface area contributed by atoms with E-state index >= 15 is 0 Å². The number of hydrogen-bond acceptors (Lipinski definition) is 1. The van der Waals surface area contributed by atoms with Crippen LogP contribution >= 0.6 is 7.75 Å². The monoisotopic (exact) mass is 243 g/mol. The Morgan fingerprint density at radius 3 is 2.25 bits per heavy atom. The van der Waals surface area contributed by atoms with Crippen molar-refractivity contribution in [2.24, 2.45) is 5.92 Å². The molecule has 0 saturated heterocycles. The summed E-state index contributed by atoms with van der Waals surface area (Å²) in [5.41, 5.74) is 1.07. The van der Waals surface area contributed by atoms with Gasteiger partial charge in [-0.25, -0.2) is 9.65 Å². The SMILES string of the molecule is CC(C)[C@H](Cc1ccccc1)NP(=O)(O)O. The fourth-order valence-electron chi connectivity index (χ4n) is 1.51. The Morgan fingerprint density at radius 2 is 1.81 bits per heavy atom. The van der Waals surface area contributed by atoms with E-state index in [-0.39, 0.29) is 12.0 Å². The zero-order chi connectivity index (χ0) is 12.2. The summed E-state index contributed by atoms with van der Waals surface area (Å²) in [5, 5.41) is 2.37. The molecule has 0 aliphatic heterocycles. The molecule has 0 saturated carbocycles. The van der Waals surface area contributed by atoms with Crippen LogP contribution in [0.5, 0.6) is 0 Å². The molecule has 0 unspecified atom stereocenters. The summed E-state index contributed by atoms with van der Waals surface area (Å²) in [6.45, 7) is 3.88. The molecule has 4 nitrogen and oxygen atoms in total. The van der Waals surface area contributed by atoms with Gasteiger partial charge in [0.25, 0.3) is 0 Å². The molecule has 0 fully saturated rings. The van der Waals surface area contributed by atoms with E-state index in [0.29, 0.717) is 6.42 Å². The lowest BCUT2D eigenvalue weighted by atomic mass is 9.97. The van der Waals surface area contributed by atoms with E-state index in [1.165, 1.54) is 0 Å². The molecule has 0 spiro atoms. The first kappa shape index (κ1) is 13.4. The van der Waals surface area contributed by atoms with Crippen molar-refractivity contribution in [2.75, 3.05) is 0 Å². The van der Waals surface area contributed by atoms with Gasteiger partial charge in [-0.1, -0.05) is 44.2 Å². The Hall–Kier alpha value is -0.670. The van der Waals surface area contributed by atoms with Crippen LogP contribution < -0.4 is 5.09 Å². The lowest BCUT2D eigenvalue weighted by Gasteiger charge is -2.22. The molecule has 0 amide bonds. The van der Waals surface area contributed by atoms with Crippen LogP contribution in [-0.2, 0) is 11.0 Å². The van der Waals surface area contributed by atoms with Gasteiger partial charge in [0.15, 0.2) is 0 Å². The van der Waals surface area contributed by atoms with E-state index in [0.717, 1.165) is 5.56 Å². The Kier molecular flexibility index (Phi) is 4.69. The largest absolute Gasteiger partial charge is 0.400 e. The van der Waals surface area contributed by atoms with Crippen LogP contribution in [-0.4, -0.2) is 15.8 Å². The zero-order valence-corrected chi connectivity index (χ0v) is 10.4. The normalized spacial score (nSPS) is 14.1. The van der Waals surface area contributed by atoms with Gasteiger partial charge in [0.1, 0.15) is 0 Å². The highest BCUT2D eigenvalue weighted by atomic mass is 31.2. The van der Waals surface area contributed by atoms with Gasteiger partial charge in [0.05, 0.1) is 0 Å². The fraction of sp³-hybridized carbons (Fsp3) is 0.455. The summed E-state index contributed by atoms with van der Waals surface area (Å²) in [5.74, 6) is 0.160. The molecule has 5 heteroatoms. The van der Waals surface area contributed by atoms with Crippen LogP contribution in [0.3, 0.4) is 0 Å². The third-order valence-corrected chi connectivity index (χ3v) is 3.11. The molecule has 0 heterocycles. The Labute approximate surface area is 95.9 Å². The third-order valence-electron chi connectivity index (χ3n) is 2.44. The number of benzene rings is 1. The highest BCUT2D eigenvalue weighted by Gasteiger charge is 2.22. The van der Waals surface area contributed by atoms with Crippen LogP contribution in [0.2, 0.25) is 0 Å². The highest BCUT2D eigenvalue weighted by Crippen LogP contribution is 2.31. The molecule has 0 radical (unpaired) electrons. The summed E-state index contributed by atoms with van der Waals surface area (Å²) in [6, 6.07) is 9.45. The molecule has 1 rings (SSSR count). The van der Waals surface area contributed by atoms with Crippen LogP contribution in [0.1, 0.15) is 19.4 Å². The first-order valence-corrected chi connectivity index (χ1v) is 6.87. The molecule has 0 aliphatic carbocycles. The van der Waals surface area contributed by atoms with E-state index in [2.05, 4.69) is 5.09 Å². The standard InChI is InChI=1S/C11H18NO3P/c1-9(2)11(12-16(13,14)15)8-10-6-4-3-5-7-10/h3-7,9,11H,8H2,1-2H3,(H3,12,13,14,15)/t11-/m0/s1. The van der Waals surface area contributed by atoms with Crippen LogP contribution in [0, 0.1) is 5.92 Å². The van der Waals surface area contributed by atoms with Crippen molar-refractivity contribution in [3.05, 3.63) is 35.9 Å². The Bertz CT molecular complexity index is 361. The van der Waals surface area contributed by atoms with Crippen LogP contribution in [0.25, 0.3) is 0 Å². The van der Waals surface area contributed by atoms with Crippen molar-refractivity contribution in [2.45, 2.75) is 26.3 Å². The predicted octanol–water partition coefficient (Wildman–Crippen LogP) is 1.94. The van der Waals surface area contributed by atoms with Gasteiger partial charge in [0.2, 0.25) is 0 Å². The minimum Gasteiger partial charge on any atom is -0.313 e. The fourth-order valence-corrected chi connectivity index (χ4v) is 2.34. The van der Waals surface area contributed by atoms with Gasteiger partial charge >= 0.3 is 7.75 Å². The summed E-state index contributed by atoms with van der Waals surface area (Å²) < 4.78 is 10.9. The number of rotatable bonds is 5. The molecule has 1 aromatic rings.